The summed E-state index contributed by atoms with van der Waals surface area (Å²) in [6.07, 6.45) is 2.42. The third-order valence-electron chi connectivity index (χ3n) is 4.86. The molecule has 28 heavy (non-hydrogen) atoms. The van der Waals surface area contributed by atoms with Gasteiger partial charge >= 0.3 is 0 Å². The minimum atomic E-state index is -0.0789. The smallest absolute Gasteiger partial charge is 0.232 e. The van der Waals surface area contributed by atoms with Crippen LogP contribution in [0, 0.1) is 0 Å². The Morgan fingerprint density at radius 2 is 2.07 bits per heavy atom. The molecule has 6 nitrogen and oxygen atoms in total. The van der Waals surface area contributed by atoms with E-state index in [1.54, 1.807) is 18.9 Å². The van der Waals surface area contributed by atoms with Crippen molar-refractivity contribution in [2.45, 2.75) is 23.8 Å². The molecule has 1 fully saturated rings. The molecule has 1 amide bonds. The molecular weight excluding hydrogens is 374 g/mol. The summed E-state index contributed by atoms with van der Waals surface area (Å²) in [5, 5.41) is 4.10. The van der Waals surface area contributed by atoms with Crippen molar-refractivity contribution in [3.05, 3.63) is 60.0 Å². The van der Waals surface area contributed by atoms with Gasteiger partial charge in [-0.25, -0.2) is 0 Å². The number of rotatable bonds is 6. The fourth-order valence-electron chi connectivity index (χ4n) is 3.34. The Morgan fingerprint density at radius 1 is 1.25 bits per heavy atom. The number of nitrogens with zero attached hydrogens (tertiary/aromatic N) is 3. The molecule has 0 aliphatic carbocycles. The van der Waals surface area contributed by atoms with Crippen molar-refractivity contribution in [2.75, 3.05) is 19.9 Å². The predicted octanol–water partition coefficient (Wildman–Crippen LogP) is 3.98. The lowest BCUT2D eigenvalue weighted by Gasteiger charge is -2.16. The van der Waals surface area contributed by atoms with Gasteiger partial charge in [0.25, 0.3) is 0 Å². The monoisotopic (exact) mass is 395 g/mol. The van der Waals surface area contributed by atoms with E-state index in [1.165, 1.54) is 4.90 Å². The van der Waals surface area contributed by atoms with Crippen LogP contribution in [0.25, 0.3) is 11.4 Å². The molecule has 1 aliphatic heterocycles. The Morgan fingerprint density at radius 3 is 2.82 bits per heavy atom. The maximum atomic E-state index is 12.5. The van der Waals surface area contributed by atoms with Crippen LogP contribution in [-0.2, 0) is 11.3 Å². The average Bonchev–Trinajstić information content (AvgIpc) is 3.36. The fourth-order valence-corrected chi connectivity index (χ4v) is 3.75. The number of hydrogen-bond donors (Lipinski definition) is 0. The summed E-state index contributed by atoms with van der Waals surface area (Å²) < 4.78 is 10.7. The van der Waals surface area contributed by atoms with Gasteiger partial charge in [-0.1, -0.05) is 17.3 Å². The van der Waals surface area contributed by atoms with Crippen molar-refractivity contribution < 1.29 is 14.1 Å². The lowest BCUT2D eigenvalue weighted by atomic mass is 10.1. The van der Waals surface area contributed by atoms with Crippen molar-refractivity contribution in [1.82, 2.24) is 15.0 Å². The molecule has 144 valence electrons. The molecule has 0 bridgehead atoms. The first kappa shape index (κ1) is 18.6. The highest BCUT2D eigenvalue weighted by molar-refractivity contribution is 7.98. The number of carbonyl (C=O) groups excluding carboxylic acids is 1. The van der Waals surface area contributed by atoms with Gasteiger partial charge in [0.05, 0.1) is 13.0 Å². The molecule has 0 N–H and O–H groups in total. The van der Waals surface area contributed by atoms with Crippen LogP contribution in [0.4, 0.5) is 0 Å². The highest BCUT2D eigenvalue weighted by Gasteiger charge is 2.34. The molecule has 1 saturated heterocycles. The molecule has 2 aromatic carbocycles. The van der Waals surface area contributed by atoms with Crippen LogP contribution in [0.2, 0.25) is 0 Å². The zero-order valence-electron chi connectivity index (χ0n) is 15.8. The van der Waals surface area contributed by atoms with Crippen LogP contribution >= 0.6 is 11.8 Å². The normalized spacial score (nSPS) is 16.6. The quantitative estimate of drug-likeness (QED) is 0.588. The zero-order chi connectivity index (χ0) is 19.5. The minimum absolute atomic E-state index is 0.0789. The van der Waals surface area contributed by atoms with Crippen LogP contribution in [0.1, 0.15) is 23.8 Å². The second kappa shape index (κ2) is 8.06. The Kier molecular flexibility index (Phi) is 5.34. The maximum absolute atomic E-state index is 12.5. The van der Waals surface area contributed by atoms with E-state index in [2.05, 4.69) is 10.1 Å². The van der Waals surface area contributed by atoms with Gasteiger partial charge in [0.15, 0.2) is 0 Å². The van der Waals surface area contributed by atoms with Gasteiger partial charge < -0.3 is 14.2 Å². The number of benzene rings is 2. The van der Waals surface area contributed by atoms with E-state index in [1.807, 2.05) is 59.7 Å². The molecule has 3 aromatic rings. The van der Waals surface area contributed by atoms with E-state index in [0.29, 0.717) is 31.2 Å². The van der Waals surface area contributed by atoms with Crippen LogP contribution in [0.3, 0.4) is 0 Å². The van der Waals surface area contributed by atoms with Gasteiger partial charge in [0.2, 0.25) is 17.6 Å². The first-order valence-corrected chi connectivity index (χ1v) is 10.3. The largest absolute Gasteiger partial charge is 0.497 e. The van der Waals surface area contributed by atoms with Crippen LogP contribution in [0.15, 0.2) is 57.9 Å². The summed E-state index contributed by atoms with van der Waals surface area (Å²) in [5.74, 6) is 1.88. The van der Waals surface area contributed by atoms with E-state index in [4.69, 9.17) is 9.26 Å². The third kappa shape index (κ3) is 3.89. The lowest BCUT2D eigenvalue weighted by molar-refractivity contribution is -0.128. The molecule has 1 aromatic heterocycles. The highest BCUT2D eigenvalue weighted by Crippen LogP contribution is 2.30. The van der Waals surface area contributed by atoms with Crippen LogP contribution in [-0.4, -0.2) is 40.9 Å². The molecule has 0 radical (unpaired) electrons. The molecule has 1 atom stereocenters. The molecule has 2 heterocycles. The first-order chi connectivity index (χ1) is 13.7. The standard InChI is InChI=1S/C21H21N3O3S/c1-26-17-5-3-4-14(10-17)12-24-13-16(11-19(24)25)21-22-20(23-27-21)15-6-8-18(28-2)9-7-15/h3-10,16H,11-13H2,1-2H3. The van der Waals surface area contributed by atoms with Crippen molar-refractivity contribution >= 4 is 17.7 Å². The van der Waals surface area contributed by atoms with Gasteiger partial charge in [0.1, 0.15) is 5.75 Å². The molecule has 0 saturated carbocycles. The maximum Gasteiger partial charge on any atom is 0.232 e. The lowest BCUT2D eigenvalue weighted by Crippen LogP contribution is -2.24. The van der Waals surface area contributed by atoms with Crippen molar-refractivity contribution in [3.8, 4) is 17.1 Å². The Bertz CT molecular complexity index is 971. The summed E-state index contributed by atoms with van der Waals surface area (Å²) in [7, 11) is 1.64. The number of carbonyl (C=O) groups is 1. The summed E-state index contributed by atoms with van der Waals surface area (Å²) >= 11 is 1.69. The topological polar surface area (TPSA) is 68.5 Å². The number of aromatic nitrogens is 2. The molecule has 1 unspecified atom stereocenters. The second-order valence-electron chi connectivity index (χ2n) is 6.71. The van der Waals surface area contributed by atoms with E-state index < -0.39 is 0 Å². The van der Waals surface area contributed by atoms with Gasteiger partial charge in [-0.3, -0.25) is 4.79 Å². The van der Waals surface area contributed by atoms with E-state index >= 15 is 0 Å². The Hall–Kier alpha value is -2.80. The Balaban J connectivity index is 1.45. The molecule has 1 aliphatic rings. The van der Waals surface area contributed by atoms with E-state index in [0.717, 1.165) is 16.9 Å². The van der Waals surface area contributed by atoms with Crippen molar-refractivity contribution in [2.24, 2.45) is 0 Å². The predicted molar refractivity (Wildman–Crippen MR) is 107 cm³/mol. The molecule has 0 spiro atoms. The van der Waals surface area contributed by atoms with E-state index in [9.17, 15) is 4.79 Å². The Labute approximate surface area is 167 Å². The second-order valence-corrected chi connectivity index (χ2v) is 7.59. The van der Waals surface area contributed by atoms with Crippen LogP contribution < -0.4 is 4.74 Å². The van der Waals surface area contributed by atoms with Gasteiger partial charge in [-0.15, -0.1) is 11.8 Å². The van der Waals surface area contributed by atoms with Crippen molar-refractivity contribution in [3.63, 3.8) is 0 Å². The van der Waals surface area contributed by atoms with Crippen molar-refractivity contribution in [1.29, 1.82) is 0 Å². The number of methoxy groups -OCH3 is 1. The number of likely N-dealkylation sites (tertiary alicyclic amines) is 1. The molecule has 7 heteroatoms. The average molecular weight is 395 g/mol. The number of amides is 1. The minimum Gasteiger partial charge on any atom is -0.497 e. The third-order valence-corrected chi connectivity index (χ3v) is 5.60. The first-order valence-electron chi connectivity index (χ1n) is 9.05. The number of hydrogen-bond acceptors (Lipinski definition) is 6. The zero-order valence-corrected chi connectivity index (χ0v) is 16.6. The van der Waals surface area contributed by atoms with Crippen LogP contribution in [0.5, 0.6) is 5.75 Å². The summed E-state index contributed by atoms with van der Waals surface area (Å²) in [5.41, 5.74) is 1.94. The van der Waals surface area contributed by atoms with E-state index in [-0.39, 0.29) is 11.8 Å². The number of thioether (sulfide) groups is 1. The summed E-state index contributed by atoms with van der Waals surface area (Å²) in [6, 6.07) is 15.8. The van der Waals surface area contributed by atoms with Gasteiger partial charge in [0, 0.05) is 30.0 Å². The van der Waals surface area contributed by atoms with Gasteiger partial charge in [-0.05, 0) is 48.2 Å². The molecular formula is C21H21N3O3S. The highest BCUT2D eigenvalue weighted by atomic mass is 32.2. The SMILES string of the molecule is COc1cccc(CN2CC(c3nc(-c4ccc(SC)cc4)no3)CC2=O)c1. The fraction of sp³-hybridized carbons (Fsp3) is 0.286. The summed E-state index contributed by atoms with van der Waals surface area (Å²) in [4.78, 5) is 20.0. The van der Waals surface area contributed by atoms with Gasteiger partial charge in [-0.2, -0.15) is 4.98 Å². The molecule has 4 rings (SSSR count). The number of ether oxygens (including phenoxy) is 1. The summed E-state index contributed by atoms with van der Waals surface area (Å²) in [6.45, 7) is 1.12.